The van der Waals surface area contributed by atoms with Crippen LogP contribution in [0.4, 0.5) is 5.69 Å². The highest BCUT2D eigenvalue weighted by atomic mass is 16.5. The van der Waals surface area contributed by atoms with Crippen LogP contribution in [0.3, 0.4) is 0 Å². The predicted molar refractivity (Wildman–Crippen MR) is 109 cm³/mol. The fraction of sp³-hybridized carbons (Fsp3) is 0.333. The summed E-state index contributed by atoms with van der Waals surface area (Å²) in [6.45, 7) is 5.32. The summed E-state index contributed by atoms with van der Waals surface area (Å²) in [4.78, 5) is 16.0. The summed E-state index contributed by atoms with van der Waals surface area (Å²) in [5.41, 5.74) is 3.09. The van der Waals surface area contributed by atoms with E-state index in [0.717, 1.165) is 37.4 Å². The van der Waals surface area contributed by atoms with E-state index >= 15 is 0 Å². The molecule has 0 saturated carbocycles. The molecule has 1 N–H and O–H groups in total. The summed E-state index contributed by atoms with van der Waals surface area (Å²) in [5.74, 6) is 0.344. The molecule has 29 heavy (non-hydrogen) atoms. The van der Waals surface area contributed by atoms with Gasteiger partial charge in [-0.25, -0.2) is 0 Å². The number of aromatic nitrogens is 4. The molecule has 0 unspecified atom stereocenters. The third-order valence-corrected chi connectivity index (χ3v) is 4.92. The smallest absolute Gasteiger partial charge is 0.244 e. The van der Waals surface area contributed by atoms with Gasteiger partial charge in [0.1, 0.15) is 6.54 Å². The minimum absolute atomic E-state index is 0.0238. The van der Waals surface area contributed by atoms with E-state index in [0.29, 0.717) is 5.82 Å². The van der Waals surface area contributed by atoms with Gasteiger partial charge in [-0.05, 0) is 29.8 Å². The van der Waals surface area contributed by atoms with Gasteiger partial charge < -0.3 is 15.0 Å². The number of ether oxygens (including phenoxy) is 1. The first-order valence-electron chi connectivity index (χ1n) is 9.74. The first-order chi connectivity index (χ1) is 14.2. The molecule has 8 nitrogen and oxygen atoms in total. The maximum absolute atomic E-state index is 12.4. The lowest BCUT2D eigenvalue weighted by atomic mass is 10.1. The standard InChI is InChI=1S/C21H24N6O2/c1-16(17-7-9-19(10-8-17)26-11-13-29-14-12-26)22-20(28)15-27-24-21(23-25-27)18-5-3-2-4-6-18/h2-10,16H,11-15H2,1H3,(H,22,28)/t16-/m0/s1. The minimum atomic E-state index is -0.160. The molecule has 0 aliphatic carbocycles. The SMILES string of the molecule is C[C@H](NC(=O)Cn1nnc(-c2ccccc2)n1)c1ccc(N2CCOCC2)cc1. The van der Waals surface area contributed by atoms with Gasteiger partial charge in [-0.15, -0.1) is 10.2 Å². The Kier molecular flexibility index (Phi) is 5.81. The molecule has 1 saturated heterocycles. The average molecular weight is 392 g/mol. The molecule has 0 radical (unpaired) electrons. The van der Waals surface area contributed by atoms with Gasteiger partial charge in [0.25, 0.3) is 0 Å². The van der Waals surface area contributed by atoms with E-state index in [1.807, 2.05) is 37.3 Å². The Balaban J connectivity index is 1.33. The summed E-state index contributed by atoms with van der Waals surface area (Å²) in [7, 11) is 0. The Bertz CT molecular complexity index is 935. The number of tetrazole rings is 1. The topological polar surface area (TPSA) is 85.2 Å². The minimum Gasteiger partial charge on any atom is -0.378 e. The third-order valence-electron chi connectivity index (χ3n) is 4.92. The fourth-order valence-electron chi connectivity index (χ4n) is 3.31. The van der Waals surface area contributed by atoms with Crippen LogP contribution in [0.2, 0.25) is 0 Å². The Labute approximate surface area is 169 Å². The van der Waals surface area contributed by atoms with E-state index in [9.17, 15) is 4.79 Å². The molecule has 0 bridgehead atoms. The lowest BCUT2D eigenvalue weighted by Gasteiger charge is -2.29. The van der Waals surface area contributed by atoms with Crippen molar-refractivity contribution in [3.05, 3.63) is 60.2 Å². The number of amides is 1. The molecule has 2 heterocycles. The van der Waals surface area contributed by atoms with Crippen LogP contribution in [0, 0.1) is 0 Å². The van der Waals surface area contributed by atoms with Crippen LogP contribution in [0.25, 0.3) is 11.4 Å². The molecule has 2 aromatic carbocycles. The Hall–Kier alpha value is -3.26. The third kappa shape index (κ3) is 4.78. The van der Waals surface area contributed by atoms with Crippen LogP contribution in [0.5, 0.6) is 0 Å². The number of nitrogens with zero attached hydrogens (tertiary/aromatic N) is 5. The molecule has 150 valence electrons. The molecule has 8 heteroatoms. The van der Waals surface area contributed by atoms with E-state index in [2.05, 4.69) is 49.9 Å². The van der Waals surface area contributed by atoms with Crippen molar-refractivity contribution in [3.63, 3.8) is 0 Å². The lowest BCUT2D eigenvalue weighted by molar-refractivity contribution is -0.122. The van der Waals surface area contributed by atoms with E-state index in [-0.39, 0.29) is 18.5 Å². The molecule has 1 aromatic heterocycles. The predicted octanol–water partition coefficient (Wildman–Crippen LogP) is 2.05. The van der Waals surface area contributed by atoms with E-state index in [4.69, 9.17) is 4.74 Å². The van der Waals surface area contributed by atoms with Crippen LogP contribution in [-0.4, -0.2) is 52.4 Å². The van der Waals surface area contributed by atoms with E-state index < -0.39 is 0 Å². The zero-order valence-corrected chi connectivity index (χ0v) is 16.4. The van der Waals surface area contributed by atoms with Crippen molar-refractivity contribution in [2.75, 3.05) is 31.2 Å². The summed E-state index contributed by atoms with van der Waals surface area (Å²) in [6.07, 6.45) is 0. The second-order valence-corrected chi connectivity index (χ2v) is 6.99. The summed E-state index contributed by atoms with van der Waals surface area (Å²) >= 11 is 0. The van der Waals surface area contributed by atoms with Crippen molar-refractivity contribution in [1.29, 1.82) is 0 Å². The van der Waals surface area contributed by atoms with E-state index in [1.54, 1.807) is 0 Å². The fourth-order valence-corrected chi connectivity index (χ4v) is 3.31. The monoisotopic (exact) mass is 392 g/mol. The number of hydrogen-bond donors (Lipinski definition) is 1. The van der Waals surface area contributed by atoms with Gasteiger partial charge >= 0.3 is 0 Å². The number of benzene rings is 2. The molecule has 3 aromatic rings. The Morgan fingerprint density at radius 3 is 2.55 bits per heavy atom. The van der Waals surface area contributed by atoms with Crippen LogP contribution < -0.4 is 10.2 Å². The molecule has 1 aliphatic heterocycles. The summed E-state index contributed by atoms with van der Waals surface area (Å²) in [6, 6.07) is 17.7. The molecule has 0 spiro atoms. The lowest BCUT2D eigenvalue weighted by Crippen LogP contribution is -2.36. The van der Waals surface area contributed by atoms with Crippen molar-refractivity contribution in [2.45, 2.75) is 19.5 Å². The molecule has 1 amide bonds. The number of hydrogen-bond acceptors (Lipinski definition) is 6. The highest BCUT2D eigenvalue weighted by molar-refractivity contribution is 5.76. The Morgan fingerprint density at radius 1 is 1.10 bits per heavy atom. The largest absolute Gasteiger partial charge is 0.378 e. The number of carbonyl (C=O) groups excluding carboxylic acids is 1. The highest BCUT2D eigenvalue weighted by Crippen LogP contribution is 2.20. The molecule has 1 atom stereocenters. The van der Waals surface area contributed by atoms with Gasteiger partial charge in [0.15, 0.2) is 0 Å². The zero-order chi connectivity index (χ0) is 20.1. The van der Waals surface area contributed by atoms with E-state index in [1.165, 1.54) is 10.5 Å². The quantitative estimate of drug-likeness (QED) is 0.691. The van der Waals surface area contributed by atoms with Gasteiger partial charge in [-0.1, -0.05) is 42.5 Å². The molecule has 1 fully saturated rings. The van der Waals surface area contributed by atoms with Gasteiger partial charge in [0.05, 0.1) is 19.3 Å². The molecule has 4 rings (SSSR count). The maximum atomic E-state index is 12.4. The van der Waals surface area contributed by atoms with Crippen LogP contribution >= 0.6 is 0 Å². The average Bonchev–Trinajstić information content (AvgIpc) is 3.23. The summed E-state index contributed by atoms with van der Waals surface area (Å²) < 4.78 is 5.40. The summed E-state index contributed by atoms with van der Waals surface area (Å²) in [5, 5.41) is 15.3. The second kappa shape index (κ2) is 8.83. The Morgan fingerprint density at radius 2 is 1.83 bits per heavy atom. The van der Waals surface area contributed by atoms with Crippen LogP contribution in [0.15, 0.2) is 54.6 Å². The van der Waals surface area contributed by atoms with Crippen molar-refractivity contribution in [3.8, 4) is 11.4 Å². The van der Waals surface area contributed by atoms with Gasteiger partial charge in [0, 0.05) is 24.3 Å². The maximum Gasteiger partial charge on any atom is 0.244 e. The normalized spacial score (nSPS) is 15.1. The number of rotatable bonds is 6. The number of nitrogens with one attached hydrogen (secondary N) is 1. The molecular weight excluding hydrogens is 368 g/mol. The first kappa shape index (κ1) is 19.1. The second-order valence-electron chi connectivity index (χ2n) is 6.99. The van der Waals surface area contributed by atoms with Gasteiger partial charge in [0.2, 0.25) is 11.7 Å². The van der Waals surface area contributed by atoms with Crippen molar-refractivity contribution >= 4 is 11.6 Å². The van der Waals surface area contributed by atoms with Crippen LogP contribution in [-0.2, 0) is 16.1 Å². The molecule has 1 aliphatic rings. The van der Waals surface area contributed by atoms with Crippen molar-refractivity contribution in [1.82, 2.24) is 25.5 Å². The van der Waals surface area contributed by atoms with Crippen molar-refractivity contribution in [2.24, 2.45) is 0 Å². The zero-order valence-electron chi connectivity index (χ0n) is 16.4. The van der Waals surface area contributed by atoms with Gasteiger partial charge in [-0.2, -0.15) is 4.80 Å². The highest BCUT2D eigenvalue weighted by Gasteiger charge is 2.14. The number of anilines is 1. The van der Waals surface area contributed by atoms with Gasteiger partial charge in [-0.3, -0.25) is 4.79 Å². The number of morpholine rings is 1. The first-order valence-corrected chi connectivity index (χ1v) is 9.74. The number of carbonyl (C=O) groups is 1. The molecular formula is C21H24N6O2. The van der Waals surface area contributed by atoms with Crippen LogP contribution in [0.1, 0.15) is 18.5 Å². The van der Waals surface area contributed by atoms with Crippen molar-refractivity contribution < 1.29 is 9.53 Å².